The Kier molecular flexibility index (Phi) is 4.34. The second-order valence-electron chi connectivity index (χ2n) is 3.61. The van der Waals surface area contributed by atoms with Gasteiger partial charge < -0.3 is 10.4 Å². The average molecular weight is 218 g/mol. The lowest BCUT2D eigenvalue weighted by Crippen LogP contribution is -2.14. The summed E-state index contributed by atoms with van der Waals surface area (Å²) < 4.78 is 0. The molecule has 0 aliphatic rings. The number of nitrogens with zero attached hydrogens (tertiary/aromatic N) is 1. The molecule has 0 aliphatic heterocycles. The Morgan fingerprint density at radius 1 is 1.56 bits per heavy atom. The highest BCUT2D eigenvalue weighted by Crippen LogP contribution is 2.14. The summed E-state index contributed by atoms with van der Waals surface area (Å²) in [7, 11) is 0. The van der Waals surface area contributed by atoms with Crippen molar-refractivity contribution in [2.24, 2.45) is 5.92 Å². The molecular formula is C12H14N2O2. The highest BCUT2D eigenvalue weighted by atomic mass is 16.4. The first-order valence-corrected chi connectivity index (χ1v) is 5.11. The van der Waals surface area contributed by atoms with Crippen molar-refractivity contribution >= 4 is 11.7 Å². The van der Waals surface area contributed by atoms with Crippen molar-refractivity contribution in [1.82, 2.24) is 0 Å². The van der Waals surface area contributed by atoms with E-state index in [1.165, 1.54) is 0 Å². The number of anilines is 1. The van der Waals surface area contributed by atoms with Crippen LogP contribution >= 0.6 is 0 Å². The van der Waals surface area contributed by atoms with Crippen LogP contribution in [0.25, 0.3) is 0 Å². The Labute approximate surface area is 94.5 Å². The van der Waals surface area contributed by atoms with Gasteiger partial charge in [0, 0.05) is 6.54 Å². The number of benzene rings is 1. The van der Waals surface area contributed by atoms with Crippen LogP contribution < -0.4 is 5.32 Å². The molecule has 1 unspecified atom stereocenters. The molecule has 0 aromatic heterocycles. The fraction of sp³-hybridized carbons (Fsp3) is 0.333. The van der Waals surface area contributed by atoms with Crippen LogP contribution in [0.4, 0.5) is 5.69 Å². The number of hydrogen-bond donors (Lipinski definition) is 2. The van der Waals surface area contributed by atoms with E-state index < -0.39 is 5.97 Å². The number of para-hydroxylation sites is 1. The van der Waals surface area contributed by atoms with Crippen LogP contribution in [0.1, 0.15) is 18.9 Å². The molecule has 0 saturated carbocycles. The van der Waals surface area contributed by atoms with Crippen molar-refractivity contribution in [2.75, 3.05) is 11.9 Å². The molecule has 1 atom stereocenters. The highest BCUT2D eigenvalue weighted by Gasteiger charge is 2.10. The maximum atomic E-state index is 10.6. The van der Waals surface area contributed by atoms with Crippen molar-refractivity contribution in [2.45, 2.75) is 13.3 Å². The van der Waals surface area contributed by atoms with Crippen molar-refractivity contribution in [3.8, 4) is 6.07 Å². The number of aliphatic carboxylic acids is 1. The van der Waals surface area contributed by atoms with Gasteiger partial charge in [-0.25, -0.2) is 0 Å². The lowest BCUT2D eigenvalue weighted by Gasteiger charge is -2.09. The average Bonchev–Trinajstić information content (AvgIpc) is 2.29. The quantitative estimate of drug-likeness (QED) is 0.793. The van der Waals surface area contributed by atoms with Gasteiger partial charge in [0.2, 0.25) is 0 Å². The maximum absolute atomic E-state index is 10.6. The lowest BCUT2D eigenvalue weighted by molar-refractivity contribution is -0.141. The number of nitrogens with one attached hydrogen (secondary N) is 1. The van der Waals surface area contributed by atoms with Gasteiger partial charge in [-0.3, -0.25) is 4.79 Å². The van der Waals surface area contributed by atoms with Gasteiger partial charge in [-0.15, -0.1) is 0 Å². The van der Waals surface area contributed by atoms with Crippen molar-refractivity contribution in [3.63, 3.8) is 0 Å². The molecule has 16 heavy (non-hydrogen) atoms. The summed E-state index contributed by atoms with van der Waals surface area (Å²) in [5.74, 6) is -1.17. The fourth-order valence-electron chi connectivity index (χ4n) is 1.28. The second-order valence-corrected chi connectivity index (χ2v) is 3.61. The summed E-state index contributed by atoms with van der Waals surface area (Å²) in [6.45, 7) is 2.21. The molecule has 0 fully saturated rings. The summed E-state index contributed by atoms with van der Waals surface area (Å²) in [5, 5.41) is 20.6. The number of carboxylic acids is 1. The third-order valence-corrected chi connectivity index (χ3v) is 2.36. The Bertz CT molecular complexity index is 410. The van der Waals surface area contributed by atoms with Crippen molar-refractivity contribution in [3.05, 3.63) is 29.8 Å². The summed E-state index contributed by atoms with van der Waals surface area (Å²) in [4.78, 5) is 10.6. The minimum atomic E-state index is -0.796. The molecule has 0 radical (unpaired) electrons. The van der Waals surface area contributed by atoms with E-state index >= 15 is 0 Å². The Morgan fingerprint density at radius 3 is 2.88 bits per heavy atom. The van der Waals surface area contributed by atoms with E-state index in [2.05, 4.69) is 11.4 Å². The van der Waals surface area contributed by atoms with Crippen LogP contribution in [0.5, 0.6) is 0 Å². The number of carboxylic acid groups (broad SMARTS) is 1. The standard InChI is InChI=1S/C12H14N2O2/c1-9(12(15)16)6-7-14-11-5-3-2-4-10(11)8-13/h2-5,9,14H,6-7H2,1H3,(H,15,16). The van der Waals surface area contributed by atoms with Crippen LogP contribution in [-0.2, 0) is 4.79 Å². The predicted molar refractivity (Wildman–Crippen MR) is 61.1 cm³/mol. The van der Waals surface area contributed by atoms with Crippen LogP contribution in [0.2, 0.25) is 0 Å². The summed E-state index contributed by atoms with van der Waals surface area (Å²) >= 11 is 0. The second kappa shape index (κ2) is 5.76. The third kappa shape index (κ3) is 3.28. The van der Waals surface area contributed by atoms with E-state index in [1.807, 2.05) is 12.1 Å². The normalized spacial score (nSPS) is 11.5. The largest absolute Gasteiger partial charge is 0.481 e. The molecule has 1 rings (SSSR count). The highest BCUT2D eigenvalue weighted by molar-refractivity contribution is 5.69. The van der Waals surface area contributed by atoms with Crippen LogP contribution in [-0.4, -0.2) is 17.6 Å². The smallest absolute Gasteiger partial charge is 0.306 e. The topological polar surface area (TPSA) is 73.1 Å². The molecule has 0 aliphatic carbocycles. The number of carbonyl (C=O) groups is 1. The number of rotatable bonds is 5. The fourth-order valence-corrected chi connectivity index (χ4v) is 1.28. The zero-order chi connectivity index (χ0) is 12.0. The van der Waals surface area contributed by atoms with E-state index in [-0.39, 0.29) is 5.92 Å². The van der Waals surface area contributed by atoms with E-state index in [9.17, 15) is 4.79 Å². The zero-order valence-electron chi connectivity index (χ0n) is 9.10. The van der Waals surface area contributed by atoms with Crippen LogP contribution in [0.15, 0.2) is 24.3 Å². The molecule has 4 nitrogen and oxygen atoms in total. The van der Waals surface area contributed by atoms with Crippen LogP contribution in [0, 0.1) is 17.2 Å². The summed E-state index contributed by atoms with van der Waals surface area (Å²) in [6.07, 6.45) is 0.537. The molecule has 0 amide bonds. The van der Waals surface area contributed by atoms with E-state index in [0.717, 1.165) is 5.69 Å². The van der Waals surface area contributed by atoms with E-state index in [1.54, 1.807) is 19.1 Å². The first-order valence-electron chi connectivity index (χ1n) is 5.11. The monoisotopic (exact) mass is 218 g/mol. The third-order valence-electron chi connectivity index (χ3n) is 2.36. The number of hydrogen-bond acceptors (Lipinski definition) is 3. The minimum absolute atomic E-state index is 0.373. The van der Waals surface area contributed by atoms with E-state index in [0.29, 0.717) is 18.5 Å². The van der Waals surface area contributed by atoms with Gasteiger partial charge in [0.1, 0.15) is 6.07 Å². The number of nitriles is 1. The van der Waals surface area contributed by atoms with Crippen molar-refractivity contribution in [1.29, 1.82) is 5.26 Å². The molecule has 0 saturated heterocycles. The molecule has 1 aromatic rings. The Morgan fingerprint density at radius 2 is 2.25 bits per heavy atom. The predicted octanol–water partition coefficient (Wildman–Crippen LogP) is 2.08. The van der Waals surface area contributed by atoms with Crippen LogP contribution in [0.3, 0.4) is 0 Å². The molecular weight excluding hydrogens is 204 g/mol. The zero-order valence-corrected chi connectivity index (χ0v) is 9.10. The summed E-state index contributed by atoms with van der Waals surface area (Å²) in [6, 6.07) is 9.24. The first-order chi connectivity index (χ1) is 7.65. The lowest BCUT2D eigenvalue weighted by atomic mass is 10.1. The SMILES string of the molecule is CC(CCNc1ccccc1C#N)C(=O)O. The van der Waals surface area contributed by atoms with Gasteiger partial charge in [0.25, 0.3) is 0 Å². The van der Waals surface area contributed by atoms with Gasteiger partial charge >= 0.3 is 5.97 Å². The summed E-state index contributed by atoms with van der Waals surface area (Å²) in [5.41, 5.74) is 1.33. The molecule has 4 heteroatoms. The van der Waals surface area contributed by atoms with E-state index in [4.69, 9.17) is 10.4 Å². The van der Waals surface area contributed by atoms with Gasteiger partial charge in [-0.1, -0.05) is 19.1 Å². The Balaban J connectivity index is 2.49. The first kappa shape index (κ1) is 12.1. The molecule has 2 N–H and O–H groups in total. The van der Waals surface area contributed by atoms with Gasteiger partial charge in [0.05, 0.1) is 17.2 Å². The Hall–Kier alpha value is -2.02. The van der Waals surface area contributed by atoms with Gasteiger partial charge in [-0.2, -0.15) is 5.26 Å². The molecule has 0 bridgehead atoms. The molecule has 1 aromatic carbocycles. The minimum Gasteiger partial charge on any atom is -0.481 e. The molecule has 0 heterocycles. The molecule has 84 valence electrons. The van der Waals surface area contributed by atoms with Crippen molar-refractivity contribution < 1.29 is 9.90 Å². The van der Waals surface area contributed by atoms with Gasteiger partial charge in [-0.05, 0) is 18.6 Å². The molecule has 0 spiro atoms. The van der Waals surface area contributed by atoms with Gasteiger partial charge in [0.15, 0.2) is 0 Å². The maximum Gasteiger partial charge on any atom is 0.306 e.